The summed E-state index contributed by atoms with van der Waals surface area (Å²) in [4.78, 5) is 0. The van der Waals surface area contributed by atoms with Crippen molar-refractivity contribution in [1.29, 1.82) is 0 Å². The molecule has 17 heavy (non-hydrogen) atoms. The quantitative estimate of drug-likeness (QED) is 0.687. The lowest BCUT2D eigenvalue weighted by atomic mass is 10.1. The minimum absolute atomic E-state index is 0.370. The summed E-state index contributed by atoms with van der Waals surface area (Å²) >= 11 is 0. The molecule has 1 fully saturated rings. The number of aliphatic hydroxyl groups is 1. The molecule has 0 saturated heterocycles. The van der Waals surface area contributed by atoms with E-state index in [2.05, 4.69) is 26.1 Å². The molecule has 3 heteroatoms. The largest absolute Gasteiger partial charge is 0.389 e. The van der Waals surface area contributed by atoms with Crippen LogP contribution in [0.1, 0.15) is 52.9 Å². The molecule has 0 aliphatic heterocycles. The summed E-state index contributed by atoms with van der Waals surface area (Å²) in [5.41, 5.74) is 0. The Labute approximate surface area is 106 Å². The average Bonchev–Trinajstić information content (AvgIpc) is 2.75. The molecule has 1 aliphatic carbocycles. The zero-order valence-electron chi connectivity index (χ0n) is 11.6. The molecular weight excluding hydrogens is 214 g/mol. The molecule has 0 spiro atoms. The number of aliphatic hydroxyl groups excluding tert-OH is 1. The highest BCUT2D eigenvalue weighted by atomic mass is 16.5. The molecule has 2 unspecified atom stereocenters. The summed E-state index contributed by atoms with van der Waals surface area (Å²) in [7, 11) is 0. The highest BCUT2D eigenvalue weighted by Gasteiger charge is 2.17. The average molecular weight is 243 g/mol. The zero-order chi connectivity index (χ0) is 12.7. The van der Waals surface area contributed by atoms with E-state index in [4.69, 9.17) is 4.74 Å². The van der Waals surface area contributed by atoms with Crippen molar-refractivity contribution in [3.05, 3.63) is 0 Å². The highest BCUT2D eigenvalue weighted by molar-refractivity contribution is 4.70. The fourth-order valence-corrected chi connectivity index (χ4v) is 2.49. The van der Waals surface area contributed by atoms with Crippen LogP contribution in [0.5, 0.6) is 0 Å². The third kappa shape index (κ3) is 7.02. The van der Waals surface area contributed by atoms with Gasteiger partial charge in [0.1, 0.15) is 0 Å². The Hall–Kier alpha value is -0.120. The van der Waals surface area contributed by atoms with Crippen molar-refractivity contribution in [3.63, 3.8) is 0 Å². The van der Waals surface area contributed by atoms with Gasteiger partial charge in [-0.2, -0.15) is 0 Å². The lowest BCUT2D eigenvalue weighted by molar-refractivity contribution is -0.00623. The number of rotatable bonds is 8. The van der Waals surface area contributed by atoms with Crippen LogP contribution in [0, 0.1) is 5.92 Å². The molecular formula is C14H29NO2. The second kappa shape index (κ2) is 8.06. The first-order chi connectivity index (χ1) is 8.08. The molecule has 1 saturated carbocycles. The first kappa shape index (κ1) is 14.9. The van der Waals surface area contributed by atoms with Crippen molar-refractivity contribution in [2.75, 3.05) is 13.2 Å². The Morgan fingerprint density at radius 2 is 1.88 bits per heavy atom. The van der Waals surface area contributed by atoms with Crippen LogP contribution in [0.4, 0.5) is 0 Å². The Balaban J connectivity index is 2.01. The fraction of sp³-hybridized carbons (Fsp3) is 1.00. The minimum Gasteiger partial charge on any atom is -0.389 e. The first-order valence-electron chi connectivity index (χ1n) is 7.11. The molecule has 0 amide bonds. The minimum atomic E-state index is -0.370. The summed E-state index contributed by atoms with van der Waals surface area (Å²) in [5, 5.41) is 13.2. The monoisotopic (exact) mass is 243 g/mol. The van der Waals surface area contributed by atoms with Crippen molar-refractivity contribution in [3.8, 4) is 0 Å². The summed E-state index contributed by atoms with van der Waals surface area (Å²) in [5.74, 6) is 0.699. The van der Waals surface area contributed by atoms with Crippen molar-refractivity contribution < 1.29 is 9.84 Å². The molecule has 3 nitrogen and oxygen atoms in total. The smallest absolute Gasteiger partial charge is 0.0897 e. The van der Waals surface area contributed by atoms with Crippen LogP contribution < -0.4 is 5.32 Å². The predicted octanol–water partition coefficient (Wildman–Crippen LogP) is 2.33. The molecule has 1 aliphatic rings. The van der Waals surface area contributed by atoms with E-state index in [1.165, 1.54) is 25.7 Å². The summed E-state index contributed by atoms with van der Waals surface area (Å²) in [6.07, 6.45) is 6.08. The molecule has 0 heterocycles. The van der Waals surface area contributed by atoms with Crippen molar-refractivity contribution >= 4 is 0 Å². The van der Waals surface area contributed by atoms with E-state index in [0.29, 0.717) is 31.2 Å². The summed E-state index contributed by atoms with van der Waals surface area (Å²) < 4.78 is 5.69. The summed E-state index contributed by atoms with van der Waals surface area (Å²) in [6.45, 7) is 7.73. The second-order valence-electron chi connectivity index (χ2n) is 5.83. The molecule has 0 aromatic heterocycles. The molecule has 0 radical (unpaired) electrons. The van der Waals surface area contributed by atoms with Gasteiger partial charge in [0.2, 0.25) is 0 Å². The molecule has 0 bridgehead atoms. The van der Waals surface area contributed by atoms with Gasteiger partial charge in [-0.15, -0.1) is 0 Å². The van der Waals surface area contributed by atoms with Gasteiger partial charge >= 0.3 is 0 Å². The fourth-order valence-electron chi connectivity index (χ4n) is 2.49. The van der Waals surface area contributed by atoms with Crippen LogP contribution in [-0.4, -0.2) is 36.5 Å². The van der Waals surface area contributed by atoms with Crippen LogP contribution >= 0.6 is 0 Å². The number of hydrogen-bond donors (Lipinski definition) is 2. The SMILES string of the molecule is CC(C)CC(C)NCC(O)COC1CCCC1. The van der Waals surface area contributed by atoms with E-state index in [1.807, 2.05) is 0 Å². The molecule has 1 rings (SSSR count). The van der Waals surface area contributed by atoms with Gasteiger partial charge in [-0.1, -0.05) is 26.7 Å². The van der Waals surface area contributed by atoms with Gasteiger partial charge in [0.05, 0.1) is 18.8 Å². The standard InChI is InChI=1S/C14H29NO2/c1-11(2)8-12(3)15-9-13(16)10-17-14-6-4-5-7-14/h11-16H,4-10H2,1-3H3. The maximum absolute atomic E-state index is 9.81. The lowest BCUT2D eigenvalue weighted by Gasteiger charge is -2.20. The van der Waals surface area contributed by atoms with E-state index in [-0.39, 0.29) is 6.10 Å². The van der Waals surface area contributed by atoms with Crippen LogP contribution in [0.3, 0.4) is 0 Å². The van der Waals surface area contributed by atoms with Gasteiger partial charge in [0.15, 0.2) is 0 Å². The zero-order valence-corrected chi connectivity index (χ0v) is 11.6. The lowest BCUT2D eigenvalue weighted by Crippen LogP contribution is -2.37. The van der Waals surface area contributed by atoms with Crippen molar-refractivity contribution in [2.45, 2.75) is 71.1 Å². The molecule has 2 atom stereocenters. The number of nitrogens with one attached hydrogen (secondary N) is 1. The topological polar surface area (TPSA) is 41.5 Å². The van der Waals surface area contributed by atoms with Gasteiger partial charge in [-0.05, 0) is 32.1 Å². The Kier molecular flexibility index (Phi) is 7.09. The van der Waals surface area contributed by atoms with E-state index in [9.17, 15) is 5.11 Å². The second-order valence-corrected chi connectivity index (χ2v) is 5.83. The molecule has 102 valence electrons. The third-order valence-corrected chi connectivity index (χ3v) is 3.35. The molecule has 2 N–H and O–H groups in total. The van der Waals surface area contributed by atoms with Crippen LogP contribution in [0.2, 0.25) is 0 Å². The van der Waals surface area contributed by atoms with Gasteiger partial charge in [-0.3, -0.25) is 0 Å². The Morgan fingerprint density at radius 1 is 1.24 bits per heavy atom. The van der Waals surface area contributed by atoms with E-state index in [0.717, 1.165) is 6.42 Å². The Bertz CT molecular complexity index is 191. The van der Waals surface area contributed by atoms with Crippen LogP contribution in [0.15, 0.2) is 0 Å². The molecule has 0 aromatic rings. The third-order valence-electron chi connectivity index (χ3n) is 3.35. The van der Waals surface area contributed by atoms with Crippen LogP contribution in [0.25, 0.3) is 0 Å². The van der Waals surface area contributed by atoms with Gasteiger partial charge in [-0.25, -0.2) is 0 Å². The van der Waals surface area contributed by atoms with Crippen molar-refractivity contribution in [1.82, 2.24) is 5.32 Å². The van der Waals surface area contributed by atoms with Gasteiger partial charge in [0, 0.05) is 12.6 Å². The number of ether oxygens (including phenoxy) is 1. The van der Waals surface area contributed by atoms with Crippen molar-refractivity contribution in [2.24, 2.45) is 5.92 Å². The van der Waals surface area contributed by atoms with Gasteiger partial charge in [0.25, 0.3) is 0 Å². The Morgan fingerprint density at radius 3 is 2.47 bits per heavy atom. The first-order valence-corrected chi connectivity index (χ1v) is 7.11. The van der Waals surface area contributed by atoms with Gasteiger partial charge < -0.3 is 15.2 Å². The normalized spacial score (nSPS) is 21.0. The van der Waals surface area contributed by atoms with E-state index >= 15 is 0 Å². The maximum Gasteiger partial charge on any atom is 0.0897 e. The molecule has 0 aromatic carbocycles. The highest BCUT2D eigenvalue weighted by Crippen LogP contribution is 2.20. The van der Waals surface area contributed by atoms with Crippen LogP contribution in [-0.2, 0) is 4.74 Å². The summed E-state index contributed by atoms with van der Waals surface area (Å²) in [6, 6.07) is 0.469. The predicted molar refractivity (Wildman–Crippen MR) is 71.1 cm³/mol. The number of hydrogen-bond acceptors (Lipinski definition) is 3. The van der Waals surface area contributed by atoms with E-state index < -0.39 is 0 Å². The van der Waals surface area contributed by atoms with E-state index in [1.54, 1.807) is 0 Å². The maximum atomic E-state index is 9.81.